The van der Waals surface area contributed by atoms with Gasteiger partial charge < -0.3 is 10.3 Å². The molecule has 0 saturated carbocycles. The second-order valence-corrected chi connectivity index (χ2v) is 8.50. The van der Waals surface area contributed by atoms with Gasteiger partial charge in [0, 0.05) is 19.1 Å². The van der Waals surface area contributed by atoms with Crippen LogP contribution in [0.2, 0.25) is 0 Å². The molecule has 114 valence electrons. The maximum absolute atomic E-state index is 11.5. The van der Waals surface area contributed by atoms with Crippen LogP contribution in [0.1, 0.15) is 0 Å². The fourth-order valence-corrected chi connectivity index (χ4v) is 4.68. The molecular weight excluding hydrogens is 318 g/mol. The lowest BCUT2D eigenvalue weighted by Gasteiger charge is -2.05. The third-order valence-electron chi connectivity index (χ3n) is 2.49. The topological polar surface area (TPSA) is 135 Å². The lowest BCUT2D eigenvalue weighted by molar-refractivity contribution is 0.601. The Morgan fingerprint density at radius 2 is 1.86 bits per heavy atom. The van der Waals surface area contributed by atoms with Crippen LogP contribution in [0.5, 0.6) is 0 Å². The molecule has 0 unspecified atom stereocenters. The third-order valence-corrected chi connectivity index (χ3v) is 6.10. The molecule has 0 atom stereocenters. The quantitative estimate of drug-likeness (QED) is 0.762. The van der Waals surface area contributed by atoms with E-state index in [1.54, 1.807) is 0 Å². The summed E-state index contributed by atoms with van der Waals surface area (Å²) in [6, 6.07) is 0. The lowest BCUT2D eigenvalue weighted by Crippen LogP contribution is -2.13. The van der Waals surface area contributed by atoms with Gasteiger partial charge in [-0.3, -0.25) is 0 Å². The fourth-order valence-electron chi connectivity index (χ4n) is 1.71. The number of aromatic nitrogens is 4. The van der Waals surface area contributed by atoms with Crippen LogP contribution in [0.25, 0.3) is 11.2 Å². The summed E-state index contributed by atoms with van der Waals surface area (Å²) in [6.07, 6.45) is 5.52. The van der Waals surface area contributed by atoms with Gasteiger partial charge in [0.05, 0.1) is 6.33 Å². The molecule has 2 N–H and O–H groups in total. The summed E-state index contributed by atoms with van der Waals surface area (Å²) in [4.78, 5) is 14.7. The van der Waals surface area contributed by atoms with Crippen molar-refractivity contribution >= 4 is 36.7 Å². The van der Waals surface area contributed by atoms with Crippen LogP contribution in [-0.4, -0.2) is 55.8 Å². The number of hydrogen-bond donors (Lipinski definition) is 2. The fraction of sp³-hybridized carbons (Fsp3) is 0.300. The Labute approximate surface area is 121 Å². The van der Waals surface area contributed by atoms with Crippen molar-refractivity contribution in [3.05, 3.63) is 23.0 Å². The molecule has 11 heteroatoms. The molecule has 0 bridgehead atoms. The van der Waals surface area contributed by atoms with Gasteiger partial charge in [-0.05, 0) is 6.08 Å². The van der Waals surface area contributed by atoms with Crippen LogP contribution in [0.4, 0.5) is 5.82 Å². The van der Waals surface area contributed by atoms with Gasteiger partial charge in [0.15, 0.2) is 35.4 Å². The molecule has 0 radical (unpaired) electrons. The molecule has 2 heterocycles. The summed E-state index contributed by atoms with van der Waals surface area (Å²) in [7, 11) is -7.66. The zero-order valence-electron chi connectivity index (χ0n) is 11.2. The van der Waals surface area contributed by atoms with Crippen molar-refractivity contribution in [1.82, 2.24) is 19.9 Å². The first-order chi connectivity index (χ1) is 9.69. The summed E-state index contributed by atoms with van der Waals surface area (Å²) >= 11 is 0. The summed E-state index contributed by atoms with van der Waals surface area (Å²) in [6.45, 7) is -0.0272. The number of imidazole rings is 1. The Morgan fingerprint density at radius 1 is 1.19 bits per heavy atom. The van der Waals surface area contributed by atoms with Gasteiger partial charge in [-0.1, -0.05) is 0 Å². The third kappa shape index (κ3) is 3.55. The highest BCUT2D eigenvalue weighted by Gasteiger charge is 2.22. The molecule has 0 amide bonds. The van der Waals surface area contributed by atoms with E-state index in [0.717, 1.165) is 18.6 Å². The van der Waals surface area contributed by atoms with Crippen LogP contribution < -0.4 is 5.32 Å². The first kappa shape index (κ1) is 15.4. The molecule has 21 heavy (non-hydrogen) atoms. The number of nitrogens with one attached hydrogen (secondary N) is 2. The molecule has 2 aromatic heterocycles. The first-order valence-corrected chi connectivity index (χ1v) is 9.46. The minimum Gasteiger partial charge on any atom is -0.365 e. The van der Waals surface area contributed by atoms with Crippen LogP contribution in [0.15, 0.2) is 23.0 Å². The minimum atomic E-state index is -3.83. The molecule has 0 aliphatic carbocycles. The molecule has 0 aliphatic rings. The van der Waals surface area contributed by atoms with E-state index < -0.39 is 23.9 Å². The molecule has 0 saturated heterocycles. The van der Waals surface area contributed by atoms with Crippen molar-refractivity contribution in [2.75, 3.05) is 24.4 Å². The summed E-state index contributed by atoms with van der Waals surface area (Å²) in [5.41, 5.74) is 0.995. The van der Waals surface area contributed by atoms with Crippen molar-refractivity contribution in [2.24, 2.45) is 0 Å². The molecular formula is C10H13N5O4S2. The number of rotatable bonds is 5. The zero-order chi connectivity index (χ0) is 15.7. The van der Waals surface area contributed by atoms with E-state index >= 15 is 0 Å². The maximum Gasteiger partial charge on any atom is 0.186 e. The summed E-state index contributed by atoms with van der Waals surface area (Å²) in [5.74, 6) is 0.398. The molecule has 9 nitrogen and oxygen atoms in total. The van der Waals surface area contributed by atoms with Crippen LogP contribution in [0.3, 0.4) is 0 Å². The predicted octanol–water partition coefficient (Wildman–Crippen LogP) is -0.305. The Balaban J connectivity index is 2.27. The normalized spacial score (nSPS) is 12.3. The molecule has 0 spiro atoms. The van der Waals surface area contributed by atoms with E-state index in [0.29, 0.717) is 17.0 Å². The van der Waals surface area contributed by atoms with Gasteiger partial charge in [-0.2, -0.15) is 0 Å². The van der Waals surface area contributed by atoms with Crippen molar-refractivity contribution in [3.63, 3.8) is 0 Å². The van der Waals surface area contributed by atoms with Crippen molar-refractivity contribution in [1.29, 1.82) is 0 Å². The Hall–Kier alpha value is -2.01. The molecule has 0 aromatic carbocycles. The maximum atomic E-state index is 11.5. The Bertz CT molecular complexity index is 864. The number of nitrogens with zero attached hydrogens (tertiary/aromatic N) is 3. The van der Waals surface area contributed by atoms with E-state index in [-0.39, 0.29) is 6.54 Å². The van der Waals surface area contributed by atoms with Crippen LogP contribution in [-0.2, 0) is 19.7 Å². The van der Waals surface area contributed by atoms with E-state index in [1.807, 2.05) is 0 Å². The van der Waals surface area contributed by atoms with Crippen molar-refractivity contribution < 1.29 is 16.8 Å². The molecule has 2 aromatic rings. The van der Waals surface area contributed by atoms with Gasteiger partial charge in [-0.15, -0.1) is 0 Å². The second-order valence-electron chi connectivity index (χ2n) is 4.27. The summed E-state index contributed by atoms with van der Waals surface area (Å²) < 4.78 is 45.3. The summed E-state index contributed by atoms with van der Waals surface area (Å²) in [5, 5.41) is 2.82. The van der Waals surface area contributed by atoms with Gasteiger partial charge in [0.25, 0.3) is 0 Å². The first-order valence-electron chi connectivity index (χ1n) is 5.68. The lowest BCUT2D eigenvalue weighted by atomic mass is 10.5. The van der Waals surface area contributed by atoms with Gasteiger partial charge in [0.1, 0.15) is 11.8 Å². The van der Waals surface area contributed by atoms with Crippen LogP contribution in [0, 0.1) is 0 Å². The van der Waals surface area contributed by atoms with E-state index in [9.17, 15) is 16.8 Å². The van der Waals surface area contributed by atoms with Crippen LogP contribution >= 0.6 is 0 Å². The minimum absolute atomic E-state index is 0.0272. The Morgan fingerprint density at radius 3 is 2.48 bits per heavy atom. The number of hydrogen-bond acceptors (Lipinski definition) is 8. The SMILES string of the molecule is CS(=O)(=O)C(=CCNc1ncnc2nc[nH]c12)S(C)(=O)=O. The van der Waals surface area contributed by atoms with E-state index in [1.165, 1.54) is 12.7 Å². The Kier molecular flexibility index (Phi) is 3.96. The highest BCUT2D eigenvalue weighted by molar-refractivity contribution is 8.13. The van der Waals surface area contributed by atoms with Gasteiger partial charge in [-0.25, -0.2) is 31.8 Å². The predicted molar refractivity (Wildman–Crippen MR) is 77.9 cm³/mol. The molecule has 2 rings (SSSR count). The van der Waals surface area contributed by atoms with E-state index in [2.05, 4.69) is 25.3 Å². The molecule has 0 aliphatic heterocycles. The van der Waals surface area contributed by atoms with Gasteiger partial charge in [0.2, 0.25) is 0 Å². The smallest absolute Gasteiger partial charge is 0.186 e. The highest BCUT2D eigenvalue weighted by Crippen LogP contribution is 2.15. The highest BCUT2D eigenvalue weighted by atomic mass is 32.3. The number of anilines is 1. The largest absolute Gasteiger partial charge is 0.365 e. The van der Waals surface area contributed by atoms with Crippen molar-refractivity contribution in [3.8, 4) is 0 Å². The number of sulfone groups is 2. The zero-order valence-corrected chi connectivity index (χ0v) is 12.9. The second kappa shape index (κ2) is 5.41. The van der Waals surface area contributed by atoms with Crippen molar-refractivity contribution in [2.45, 2.75) is 0 Å². The number of H-pyrrole nitrogens is 1. The number of fused-ring (bicyclic) bond motifs is 1. The standard InChI is InChI=1S/C10H13N5O4S2/c1-20(16,17)7(21(2,18)19)3-4-11-9-8-10(13-5-12-8)15-6-14-9/h3,5-6H,4H2,1-2H3,(H2,11,12,13,14,15). The monoisotopic (exact) mass is 331 g/mol. The van der Waals surface area contributed by atoms with Gasteiger partial charge >= 0.3 is 0 Å². The average Bonchev–Trinajstić information content (AvgIpc) is 2.80. The average molecular weight is 331 g/mol. The molecule has 0 fully saturated rings. The number of aromatic amines is 1. The van der Waals surface area contributed by atoms with E-state index in [4.69, 9.17) is 0 Å².